The molecular formula is C22H32N2O4. The van der Waals surface area contributed by atoms with Gasteiger partial charge in [-0.2, -0.15) is 0 Å². The first kappa shape index (κ1) is 22.1. The number of nitrogens with one attached hydrogen (secondary N) is 1. The standard InChI is InChI=1S/C22H32N2O4/c1-28-17-15-23-20(25)14-8-6-4-2-3-5-7-11-16-24-21(26)18-12-9-10-13-19(18)22(24)27/h9-10,12-13H,2-8,11,14-17H2,1H3,(H,23,25). The second-order valence-electron chi connectivity index (χ2n) is 7.23. The average molecular weight is 389 g/mol. The number of carbonyl (C=O) groups excluding carboxylic acids is 3. The molecule has 1 heterocycles. The van der Waals surface area contributed by atoms with Gasteiger partial charge in [0.05, 0.1) is 17.7 Å². The number of hydrogen-bond acceptors (Lipinski definition) is 4. The number of benzene rings is 1. The molecule has 0 saturated heterocycles. The fourth-order valence-corrected chi connectivity index (χ4v) is 3.44. The van der Waals surface area contributed by atoms with Crippen LogP contribution >= 0.6 is 0 Å². The second-order valence-corrected chi connectivity index (χ2v) is 7.23. The molecule has 1 aromatic carbocycles. The Kier molecular flexibility index (Phi) is 9.69. The van der Waals surface area contributed by atoms with Gasteiger partial charge in [-0.05, 0) is 25.0 Å². The molecule has 154 valence electrons. The normalized spacial score (nSPS) is 13.1. The highest BCUT2D eigenvalue weighted by molar-refractivity contribution is 6.21. The third-order valence-corrected chi connectivity index (χ3v) is 5.04. The first-order valence-electron chi connectivity index (χ1n) is 10.4. The number of rotatable bonds is 14. The molecule has 3 amide bonds. The van der Waals surface area contributed by atoms with Crippen LogP contribution in [-0.4, -0.2) is 49.4 Å². The summed E-state index contributed by atoms with van der Waals surface area (Å²) in [7, 11) is 1.62. The fourth-order valence-electron chi connectivity index (χ4n) is 3.44. The topological polar surface area (TPSA) is 75.7 Å². The summed E-state index contributed by atoms with van der Waals surface area (Å²) in [5.74, 6) is -0.219. The van der Waals surface area contributed by atoms with Crippen molar-refractivity contribution in [3.8, 4) is 0 Å². The molecule has 0 radical (unpaired) electrons. The zero-order valence-electron chi connectivity index (χ0n) is 16.9. The van der Waals surface area contributed by atoms with Gasteiger partial charge in [-0.1, -0.05) is 50.7 Å². The molecule has 0 spiro atoms. The number of carbonyl (C=O) groups is 3. The van der Waals surface area contributed by atoms with E-state index in [4.69, 9.17) is 4.74 Å². The Morgan fingerprint density at radius 2 is 1.43 bits per heavy atom. The zero-order valence-corrected chi connectivity index (χ0v) is 16.9. The molecule has 0 unspecified atom stereocenters. The number of ether oxygens (including phenoxy) is 1. The SMILES string of the molecule is COCCNC(=O)CCCCCCCCCCN1C(=O)c2ccccc2C1=O. The van der Waals surface area contributed by atoms with E-state index >= 15 is 0 Å². The molecule has 6 heteroatoms. The highest BCUT2D eigenvalue weighted by Crippen LogP contribution is 2.23. The number of unbranched alkanes of at least 4 members (excludes halogenated alkanes) is 7. The molecule has 0 bridgehead atoms. The summed E-state index contributed by atoms with van der Waals surface area (Å²) in [6.07, 6.45) is 9.04. The minimum absolute atomic E-state index is 0.102. The van der Waals surface area contributed by atoms with E-state index < -0.39 is 0 Å². The molecule has 1 aliphatic rings. The van der Waals surface area contributed by atoms with Gasteiger partial charge in [-0.25, -0.2) is 0 Å². The van der Waals surface area contributed by atoms with E-state index in [0.29, 0.717) is 37.2 Å². The summed E-state index contributed by atoms with van der Waals surface area (Å²) in [6.45, 7) is 1.64. The molecule has 1 aliphatic heterocycles. The lowest BCUT2D eigenvalue weighted by Gasteiger charge is -2.13. The van der Waals surface area contributed by atoms with Crippen molar-refractivity contribution in [1.82, 2.24) is 10.2 Å². The predicted octanol–water partition coefficient (Wildman–Crippen LogP) is 3.56. The Morgan fingerprint density at radius 3 is 2.00 bits per heavy atom. The van der Waals surface area contributed by atoms with E-state index in [1.54, 1.807) is 31.4 Å². The van der Waals surface area contributed by atoms with Crippen molar-refractivity contribution in [2.75, 3.05) is 26.8 Å². The average Bonchev–Trinajstić information content (AvgIpc) is 2.94. The van der Waals surface area contributed by atoms with Crippen LogP contribution in [0.2, 0.25) is 0 Å². The lowest BCUT2D eigenvalue weighted by atomic mass is 10.1. The molecule has 0 saturated carbocycles. The molecule has 1 aromatic rings. The van der Waals surface area contributed by atoms with Crippen LogP contribution in [0.1, 0.15) is 78.5 Å². The van der Waals surface area contributed by atoms with Gasteiger partial charge in [-0.15, -0.1) is 0 Å². The molecule has 6 nitrogen and oxygen atoms in total. The Balaban J connectivity index is 1.45. The Morgan fingerprint density at radius 1 is 0.893 bits per heavy atom. The van der Waals surface area contributed by atoms with Crippen LogP contribution in [0.25, 0.3) is 0 Å². The van der Waals surface area contributed by atoms with Gasteiger partial charge in [-0.3, -0.25) is 19.3 Å². The number of methoxy groups -OCH3 is 1. The second kappa shape index (κ2) is 12.3. The summed E-state index contributed by atoms with van der Waals surface area (Å²) >= 11 is 0. The molecular weight excluding hydrogens is 356 g/mol. The summed E-state index contributed by atoms with van der Waals surface area (Å²) < 4.78 is 4.89. The molecule has 0 fully saturated rings. The molecule has 1 N–H and O–H groups in total. The van der Waals surface area contributed by atoms with Crippen molar-refractivity contribution in [2.45, 2.75) is 57.8 Å². The monoisotopic (exact) mass is 388 g/mol. The van der Waals surface area contributed by atoms with Crippen molar-refractivity contribution >= 4 is 17.7 Å². The summed E-state index contributed by atoms with van der Waals surface area (Å²) in [5, 5.41) is 2.83. The van der Waals surface area contributed by atoms with E-state index in [1.807, 2.05) is 0 Å². The zero-order chi connectivity index (χ0) is 20.2. The number of nitrogens with zero attached hydrogens (tertiary/aromatic N) is 1. The number of fused-ring (bicyclic) bond motifs is 1. The smallest absolute Gasteiger partial charge is 0.261 e. The number of imide groups is 1. The Bertz CT molecular complexity index is 625. The van der Waals surface area contributed by atoms with Crippen LogP contribution < -0.4 is 5.32 Å². The molecule has 28 heavy (non-hydrogen) atoms. The van der Waals surface area contributed by atoms with Gasteiger partial charge < -0.3 is 10.1 Å². The van der Waals surface area contributed by atoms with Crippen molar-refractivity contribution < 1.29 is 19.1 Å². The van der Waals surface area contributed by atoms with Crippen LogP contribution in [0, 0.1) is 0 Å². The summed E-state index contributed by atoms with van der Waals surface area (Å²) in [4.78, 5) is 37.4. The lowest BCUT2D eigenvalue weighted by molar-refractivity contribution is -0.121. The Hall–Kier alpha value is -2.21. The van der Waals surface area contributed by atoms with Gasteiger partial charge in [0.25, 0.3) is 11.8 Å². The molecule has 0 aliphatic carbocycles. The number of hydrogen-bond donors (Lipinski definition) is 1. The number of amides is 3. The fraction of sp³-hybridized carbons (Fsp3) is 0.591. The lowest BCUT2D eigenvalue weighted by Crippen LogP contribution is -2.30. The molecule has 0 aromatic heterocycles. The van der Waals surface area contributed by atoms with E-state index in [9.17, 15) is 14.4 Å². The van der Waals surface area contributed by atoms with E-state index in [0.717, 1.165) is 51.4 Å². The van der Waals surface area contributed by atoms with Gasteiger partial charge in [0.1, 0.15) is 0 Å². The van der Waals surface area contributed by atoms with Crippen LogP contribution in [-0.2, 0) is 9.53 Å². The maximum Gasteiger partial charge on any atom is 0.261 e. The minimum atomic E-state index is -0.160. The third kappa shape index (κ3) is 6.75. The maximum atomic E-state index is 12.3. The van der Waals surface area contributed by atoms with Crippen molar-refractivity contribution in [1.29, 1.82) is 0 Å². The maximum absolute atomic E-state index is 12.3. The van der Waals surface area contributed by atoms with Crippen LogP contribution in [0.3, 0.4) is 0 Å². The van der Waals surface area contributed by atoms with E-state index in [-0.39, 0.29) is 17.7 Å². The quantitative estimate of drug-likeness (QED) is 0.391. The van der Waals surface area contributed by atoms with Crippen LogP contribution in [0.4, 0.5) is 0 Å². The first-order valence-corrected chi connectivity index (χ1v) is 10.4. The van der Waals surface area contributed by atoms with Gasteiger partial charge >= 0.3 is 0 Å². The molecule has 0 atom stereocenters. The minimum Gasteiger partial charge on any atom is -0.383 e. The van der Waals surface area contributed by atoms with Crippen molar-refractivity contribution in [2.24, 2.45) is 0 Å². The largest absolute Gasteiger partial charge is 0.383 e. The van der Waals surface area contributed by atoms with Gasteiger partial charge in [0.2, 0.25) is 5.91 Å². The van der Waals surface area contributed by atoms with Crippen LogP contribution in [0.15, 0.2) is 24.3 Å². The third-order valence-electron chi connectivity index (χ3n) is 5.04. The molecule has 2 rings (SSSR count). The van der Waals surface area contributed by atoms with Crippen molar-refractivity contribution in [3.63, 3.8) is 0 Å². The van der Waals surface area contributed by atoms with Crippen molar-refractivity contribution in [3.05, 3.63) is 35.4 Å². The summed E-state index contributed by atoms with van der Waals surface area (Å²) in [6, 6.07) is 7.03. The first-order chi connectivity index (χ1) is 13.6. The van der Waals surface area contributed by atoms with Crippen LogP contribution in [0.5, 0.6) is 0 Å². The summed E-state index contributed by atoms with van der Waals surface area (Å²) in [5.41, 5.74) is 1.06. The highest BCUT2D eigenvalue weighted by atomic mass is 16.5. The predicted molar refractivity (Wildman–Crippen MR) is 108 cm³/mol. The van der Waals surface area contributed by atoms with E-state index in [1.165, 1.54) is 4.90 Å². The van der Waals surface area contributed by atoms with Gasteiger partial charge in [0, 0.05) is 26.6 Å². The highest BCUT2D eigenvalue weighted by Gasteiger charge is 2.34. The van der Waals surface area contributed by atoms with Gasteiger partial charge in [0.15, 0.2) is 0 Å². The Labute approximate surface area is 167 Å². The van der Waals surface area contributed by atoms with E-state index in [2.05, 4.69) is 5.32 Å².